The van der Waals surface area contributed by atoms with Gasteiger partial charge in [-0.3, -0.25) is 20.2 Å². The van der Waals surface area contributed by atoms with E-state index in [9.17, 15) is 20.2 Å². The minimum absolute atomic E-state index is 0.139. The average molecular weight is 493 g/mol. The fourth-order valence-electron chi connectivity index (χ4n) is 7.88. The van der Waals surface area contributed by atoms with Crippen LogP contribution in [0.4, 0.5) is 11.4 Å². The first-order valence-corrected chi connectivity index (χ1v) is 13.2. The van der Waals surface area contributed by atoms with Crippen LogP contribution < -0.4 is 10.6 Å². The number of nitro benzene ring substituents is 2. The van der Waals surface area contributed by atoms with E-state index in [1.54, 1.807) is 24.3 Å². The van der Waals surface area contributed by atoms with Gasteiger partial charge in [-0.15, -0.1) is 0 Å². The summed E-state index contributed by atoms with van der Waals surface area (Å²) >= 11 is 0. The number of benzene rings is 2. The summed E-state index contributed by atoms with van der Waals surface area (Å²) in [6.07, 6.45) is 10.7. The van der Waals surface area contributed by atoms with Gasteiger partial charge in [0.25, 0.3) is 11.4 Å². The summed E-state index contributed by atoms with van der Waals surface area (Å²) < 4.78 is 0. The molecule has 4 fully saturated rings. The van der Waals surface area contributed by atoms with Gasteiger partial charge >= 0.3 is 0 Å². The largest absolute Gasteiger partial charge is 0.313 e. The highest BCUT2D eigenvalue weighted by Gasteiger charge is 2.56. The van der Waals surface area contributed by atoms with E-state index in [0.717, 1.165) is 49.1 Å². The fourth-order valence-corrected chi connectivity index (χ4v) is 7.88. The molecule has 0 spiro atoms. The van der Waals surface area contributed by atoms with E-state index in [1.165, 1.54) is 51.4 Å². The van der Waals surface area contributed by atoms with Gasteiger partial charge in [-0.05, 0) is 98.2 Å². The average Bonchev–Trinajstić information content (AvgIpc) is 2.84. The molecule has 0 aromatic heterocycles. The highest BCUT2D eigenvalue weighted by atomic mass is 16.6. The molecule has 36 heavy (non-hydrogen) atoms. The molecule has 6 rings (SSSR count). The van der Waals surface area contributed by atoms with Crippen LogP contribution in [-0.2, 0) is 13.1 Å². The molecule has 0 unspecified atom stereocenters. The van der Waals surface area contributed by atoms with Gasteiger partial charge < -0.3 is 10.6 Å². The van der Waals surface area contributed by atoms with Gasteiger partial charge in [-0.2, -0.15) is 0 Å². The van der Waals surface area contributed by atoms with Gasteiger partial charge in [0, 0.05) is 37.4 Å². The molecule has 2 aromatic rings. The van der Waals surface area contributed by atoms with Crippen molar-refractivity contribution in [3.63, 3.8) is 0 Å². The zero-order valence-corrected chi connectivity index (χ0v) is 20.8. The summed E-state index contributed by atoms with van der Waals surface area (Å²) in [5.41, 5.74) is 3.37. The van der Waals surface area contributed by atoms with Crippen molar-refractivity contribution in [2.45, 2.75) is 64.5 Å². The van der Waals surface area contributed by atoms with Crippen LogP contribution in [0.2, 0.25) is 0 Å². The first-order valence-electron chi connectivity index (χ1n) is 13.2. The number of hydrogen-bond donors (Lipinski definition) is 2. The van der Waals surface area contributed by atoms with E-state index in [0.29, 0.717) is 10.8 Å². The fraction of sp³-hybridized carbons (Fsp3) is 0.571. The molecule has 4 aliphatic rings. The van der Waals surface area contributed by atoms with E-state index in [-0.39, 0.29) is 21.2 Å². The number of nitrogens with zero attached hydrogens (tertiary/aromatic N) is 2. The minimum atomic E-state index is -0.356. The second-order valence-corrected chi connectivity index (χ2v) is 11.7. The molecule has 8 heteroatoms. The van der Waals surface area contributed by atoms with Crippen LogP contribution in [0, 0.1) is 42.9 Å². The highest BCUT2D eigenvalue weighted by Crippen LogP contribution is 2.67. The van der Waals surface area contributed by atoms with Crippen molar-refractivity contribution >= 4 is 11.4 Å². The molecular weight excluding hydrogens is 456 g/mol. The van der Waals surface area contributed by atoms with Gasteiger partial charge in [-0.25, -0.2) is 0 Å². The molecule has 0 radical (unpaired) electrons. The van der Waals surface area contributed by atoms with Crippen LogP contribution in [0.25, 0.3) is 0 Å². The Bertz CT molecular complexity index is 988. The molecule has 4 saturated carbocycles. The Morgan fingerprint density at radius 2 is 1.08 bits per heavy atom. The summed E-state index contributed by atoms with van der Waals surface area (Å²) in [7, 11) is 0. The Balaban J connectivity index is 1.10. The lowest BCUT2D eigenvalue weighted by atomic mass is 9.43. The van der Waals surface area contributed by atoms with Crippen LogP contribution in [0.5, 0.6) is 0 Å². The zero-order chi connectivity index (χ0) is 25.2. The second kappa shape index (κ2) is 10.3. The topological polar surface area (TPSA) is 110 Å². The van der Waals surface area contributed by atoms with E-state index in [1.807, 2.05) is 24.3 Å². The molecule has 4 aliphatic carbocycles. The molecule has 4 bridgehead atoms. The van der Waals surface area contributed by atoms with Gasteiger partial charge in [0.2, 0.25) is 0 Å². The predicted molar refractivity (Wildman–Crippen MR) is 138 cm³/mol. The Morgan fingerprint density at radius 1 is 0.694 bits per heavy atom. The van der Waals surface area contributed by atoms with E-state index in [2.05, 4.69) is 10.6 Å². The maximum atomic E-state index is 10.8. The Hall–Kier alpha value is -2.84. The second-order valence-electron chi connectivity index (χ2n) is 11.7. The summed E-state index contributed by atoms with van der Waals surface area (Å²) in [5.74, 6) is 1.74. The summed E-state index contributed by atoms with van der Waals surface area (Å²) in [5, 5.41) is 28.9. The van der Waals surface area contributed by atoms with Crippen molar-refractivity contribution in [1.82, 2.24) is 10.6 Å². The maximum absolute atomic E-state index is 10.8. The van der Waals surface area contributed by atoms with Crippen molar-refractivity contribution in [1.29, 1.82) is 0 Å². The minimum Gasteiger partial charge on any atom is -0.313 e. The molecule has 8 nitrogen and oxygen atoms in total. The van der Waals surface area contributed by atoms with Crippen molar-refractivity contribution in [3.05, 3.63) is 79.9 Å². The van der Waals surface area contributed by atoms with Crippen molar-refractivity contribution in [2.75, 3.05) is 13.1 Å². The normalized spacial score (nSPS) is 28.3. The lowest BCUT2D eigenvalue weighted by Crippen LogP contribution is -2.53. The first kappa shape index (κ1) is 24.8. The smallest absolute Gasteiger partial charge is 0.269 e. The summed E-state index contributed by atoms with van der Waals surface area (Å²) in [6.45, 7) is 3.48. The Kier molecular flexibility index (Phi) is 7.08. The Morgan fingerprint density at radius 3 is 1.44 bits per heavy atom. The number of non-ortho nitro benzene ring substituents is 2. The van der Waals surface area contributed by atoms with Crippen molar-refractivity contribution in [3.8, 4) is 0 Å². The van der Waals surface area contributed by atoms with E-state index < -0.39 is 0 Å². The van der Waals surface area contributed by atoms with Crippen molar-refractivity contribution in [2.24, 2.45) is 22.7 Å². The van der Waals surface area contributed by atoms with Gasteiger partial charge in [0.15, 0.2) is 0 Å². The molecule has 2 aromatic carbocycles. The first-order chi connectivity index (χ1) is 17.3. The molecule has 192 valence electrons. The molecule has 0 heterocycles. The predicted octanol–water partition coefficient (Wildman–Crippen LogP) is 5.75. The monoisotopic (exact) mass is 492 g/mol. The molecule has 0 atom stereocenters. The number of hydrogen-bond acceptors (Lipinski definition) is 6. The molecule has 2 N–H and O–H groups in total. The number of rotatable bonds is 12. The molecule has 0 aliphatic heterocycles. The number of nitro groups is 2. The molecule has 0 saturated heterocycles. The van der Waals surface area contributed by atoms with Crippen LogP contribution in [0.1, 0.15) is 62.5 Å². The zero-order valence-electron chi connectivity index (χ0n) is 20.8. The van der Waals surface area contributed by atoms with Crippen molar-refractivity contribution < 1.29 is 9.85 Å². The van der Waals surface area contributed by atoms with Gasteiger partial charge in [0.1, 0.15) is 0 Å². The number of nitrogens with one attached hydrogen (secondary N) is 2. The van der Waals surface area contributed by atoms with Crippen LogP contribution in [-0.4, -0.2) is 22.9 Å². The molecular formula is C28H36N4O4. The van der Waals surface area contributed by atoms with Gasteiger partial charge in [-0.1, -0.05) is 24.3 Å². The third-order valence-electron chi connectivity index (χ3n) is 8.92. The quantitative estimate of drug-likeness (QED) is 0.222. The lowest BCUT2D eigenvalue weighted by Gasteiger charge is -2.63. The molecule has 0 amide bonds. The van der Waals surface area contributed by atoms with Crippen LogP contribution in [0.15, 0.2) is 48.5 Å². The van der Waals surface area contributed by atoms with Gasteiger partial charge in [0.05, 0.1) is 9.85 Å². The van der Waals surface area contributed by atoms with Crippen LogP contribution in [0.3, 0.4) is 0 Å². The maximum Gasteiger partial charge on any atom is 0.269 e. The van der Waals surface area contributed by atoms with E-state index >= 15 is 0 Å². The third-order valence-corrected chi connectivity index (χ3v) is 8.92. The lowest BCUT2D eigenvalue weighted by molar-refractivity contribution is -0.385. The van der Waals surface area contributed by atoms with E-state index in [4.69, 9.17) is 0 Å². The summed E-state index contributed by atoms with van der Waals surface area (Å²) in [4.78, 5) is 21.0. The third kappa shape index (κ3) is 5.60. The summed E-state index contributed by atoms with van der Waals surface area (Å²) in [6, 6.07) is 13.7. The standard InChI is InChI=1S/C28H36N4O4/c33-31(34)25-5-1-21(2-6-25)18-29-11-9-27-14-23-13-24(15-27)17-28(16-23,20-27)10-12-30-19-22-3-7-26(8-4-22)32(35)36/h1-8,23-24,29-30H,9-20H2. The SMILES string of the molecule is O=[N+]([O-])c1ccc(CNCCC23CC4CC(C2)CC(CCNCc2ccc([N+](=O)[O-])cc2)(C4)C3)cc1. The highest BCUT2D eigenvalue weighted by molar-refractivity contribution is 5.33. The Labute approximate surface area is 212 Å². The van der Waals surface area contributed by atoms with Crippen LogP contribution >= 0.6 is 0 Å².